The molecule has 0 aliphatic carbocycles. The first kappa shape index (κ1) is 15.7. The van der Waals surface area contributed by atoms with Gasteiger partial charge in [0.15, 0.2) is 0 Å². The third-order valence-electron chi connectivity index (χ3n) is 3.33. The van der Waals surface area contributed by atoms with Crippen molar-refractivity contribution in [1.29, 1.82) is 5.26 Å². The fourth-order valence-corrected chi connectivity index (χ4v) is 2.21. The maximum Gasteiger partial charge on any atom is 0.253 e. The van der Waals surface area contributed by atoms with Crippen molar-refractivity contribution >= 4 is 5.91 Å². The van der Waals surface area contributed by atoms with Gasteiger partial charge in [0.2, 0.25) is 0 Å². The summed E-state index contributed by atoms with van der Waals surface area (Å²) in [4.78, 5) is 14.1. The standard InChI is InChI=1S/C18H18N2O2/c1-20(12-15-8-6-14(11-19)7-9-15)18(21)17-5-3-4-16(10-17)13-22-2/h3-10H,12-13H2,1-2H3. The fraction of sp³-hybridized carbons (Fsp3) is 0.222. The van der Waals surface area contributed by atoms with Crippen LogP contribution in [-0.4, -0.2) is 25.0 Å². The molecule has 0 unspecified atom stereocenters. The van der Waals surface area contributed by atoms with E-state index in [1.165, 1.54) is 0 Å². The van der Waals surface area contributed by atoms with E-state index in [9.17, 15) is 4.79 Å². The molecule has 0 bridgehead atoms. The molecule has 2 aromatic carbocycles. The van der Waals surface area contributed by atoms with E-state index in [4.69, 9.17) is 10.00 Å². The van der Waals surface area contributed by atoms with E-state index in [1.807, 2.05) is 30.3 Å². The Kier molecular flexibility index (Phi) is 5.29. The number of hydrogen-bond donors (Lipinski definition) is 0. The zero-order valence-corrected chi connectivity index (χ0v) is 12.7. The van der Waals surface area contributed by atoms with Crippen LogP contribution in [0.3, 0.4) is 0 Å². The molecular formula is C18H18N2O2. The predicted molar refractivity (Wildman–Crippen MR) is 84.1 cm³/mol. The van der Waals surface area contributed by atoms with Crippen LogP contribution in [-0.2, 0) is 17.9 Å². The van der Waals surface area contributed by atoms with E-state index in [0.717, 1.165) is 11.1 Å². The van der Waals surface area contributed by atoms with E-state index in [-0.39, 0.29) is 5.91 Å². The maximum absolute atomic E-state index is 12.5. The summed E-state index contributed by atoms with van der Waals surface area (Å²) in [6, 6.07) is 16.8. The van der Waals surface area contributed by atoms with Crippen LogP contribution in [0.15, 0.2) is 48.5 Å². The summed E-state index contributed by atoms with van der Waals surface area (Å²) in [5.74, 6) is -0.0395. The van der Waals surface area contributed by atoms with Gasteiger partial charge in [-0.15, -0.1) is 0 Å². The molecule has 112 valence electrons. The quantitative estimate of drug-likeness (QED) is 0.852. The molecule has 0 spiro atoms. The minimum absolute atomic E-state index is 0.0395. The first-order chi connectivity index (χ1) is 10.6. The number of ether oxygens (including phenoxy) is 1. The minimum Gasteiger partial charge on any atom is -0.380 e. The third-order valence-corrected chi connectivity index (χ3v) is 3.33. The number of methoxy groups -OCH3 is 1. The number of benzene rings is 2. The molecule has 0 saturated carbocycles. The molecule has 0 atom stereocenters. The second kappa shape index (κ2) is 7.39. The molecule has 4 nitrogen and oxygen atoms in total. The minimum atomic E-state index is -0.0395. The van der Waals surface area contributed by atoms with E-state index in [1.54, 1.807) is 37.3 Å². The molecule has 0 aliphatic rings. The Balaban J connectivity index is 2.08. The van der Waals surface area contributed by atoms with Crippen molar-refractivity contribution < 1.29 is 9.53 Å². The van der Waals surface area contributed by atoms with Gasteiger partial charge < -0.3 is 9.64 Å². The van der Waals surface area contributed by atoms with Gasteiger partial charge in [-0.25, -0.2) is 0 Å². The van der Waals surface area contributed by atoms with Crippen LogP contribution in [0.1, 0.15) is 27.0 Å². The number of carbonyl (C=O) groups is 1. The number of carbonyl (C=O) groups excluding carboxylic acids is 1. The Morgan fingerprint density at radius 3 is 2.55 bits per heavy atom. The lowest BCUT2D eigenvalue weighted by Crippen LogP contribution is -2.26. The molecule has 1 amide bonds. The topological polar surface area (TPSA) is 53.3 Å². The van der Waals surface area contributed by atoms with Crippen LogP contribution in [0, 0.1) is 11.3 Å². The van der Waals surface area contributed by atoms with Crippen molar-refractivity contribution in [2.45, 2.75) is 13.2 Å². The Morgan fingerprint density at radius 2 is 1.91 bits per heavy atom. The summed E-state index contributed by atoms with van der Waals surface area (Å²) < 4.78 is 5.09. The Labute approximate surface area is 130 Å². The number of hydrogen-bond acceptors (Lipinski definition) is 3. The lowest BCUT2D eigenvalue weighted by Gasteiger charge is -2.18. The van der Waals surface area contributed by atoms with Gasteiger partial charge >= 0.3 is 0 Å². The fourth-order valence-electron chi connectivity index (χ4n) is 2.21. The molecule has 0 N–H and O–H groups in total. The van der Waals surface area contributed by atoms with E-state index in [0.29, 0.717) is 24.3 Å². The summed E-state index contributed by atoms with van der Waals surface area (Å²) in [7, 11) is 3.40. The van der Waals surface area contributed by atoms with Crippen molar-refractivity contribution in [3.63, 3.8) is 0 Å². The molecule has 0 saturated heterocycles. The molecule has 22 heavy (non-hydrogen) atoms. The van der Waals surface area contributed by atoms with Gasteiger partial charge in [0.25, 0.3) is 5.91 Å². The number of amides is 1. The summed E-state index contributed by atoms with van der Waals surface area (Å²) in [5, 5.41) is 8.79. The molecular weight excluding hydrogens is 276 g/mol. The highest BCUT2D eigenvalue weighted by atomic mass is 16.5. The molecule has 0 aliphatic heterocycles. The third kappa shape index (κ3) is 3.94. The zero-order chi connectivity index (χ0) is 15.9. The monoisotopic (exact) mass is 294 g/mol. The van der Waals surface area contributed by atoms with Crippen LogP contribution in [0.4, 0.5) is 0 Å². The SMILES string of the molecule is COCc1cccc(C(=O)N(C)Cc2ccc(C#N)cc2)c1. The van der Waals surface area contributed by atoms with Gasteiger partial charge in [0.1, 0.15) is 0 Å². The van der Waals surface area contributed by atoms with Crippen molar-refractivity contribution in [3.8, 4) is 6.07 Å². The largest absolute Gasteiger partial charge is 0.380 e. The number of nitrogens with zero attached hydrogens (tertiary/aromatic N) is 2. The second-order valence-electron chi connectivity index (χ2n) is 5.10. The number of nitriles is 1. The lowest BCUT2D eigenvalue weighted by atomic mass is 10.1. The highest BCUT2D eigenvalue weighted by Crippen LogP contribution is 2.12. The second-order valence-corrected chi connectivity index (χ2v) is 5.10. The van der Waals surface area contributed by atoms with E-state index >= 15 is 0 Å². The van der Waals surface area contributed by atoms with Gasteiger partial charge in [0.05, 0.1) is 18.2 Å². The normalized spacial score (nSPS) is 10.0. The maximum atomic E-state index is 12.5. The van der Waals surface area contributed by atoms with Crippen LogP contribution in [0.5, 0.6) is 0 Å². The summed E-state index contributed by atoms with van der Waals surface area (Å²) >= 11 is 0. The molecule has 2 aromatic rings. The Morgan fingerprint density at radius 1 is 1.18 bits per heavy atom. The molecule has 0 radical (unpaired) electrons. The van der Waals surface area contributed by atoms with Gasteiger partial charge in [-0.2, -0.15) is 5.26 Å². The van der Waals surface area contributed by atoms with Crippen LogP contribution in [0.2, 0.25) is 0 Å². The first-order valence-corrected chi connectivity index (χ1v) is 6.96. The summed E-state index contributed by atoms with van der Waals surface area (Å²) in [5.41, 5.74) is 3.22. The molecule has 0 heterocycles. The van der Waals surface area contributed by atoms with Crippen LogP contribution < -0.4 is 0 Å². The zero-order valence-electron chi connectivity index (χ0n) is 12.7. The van der Waals surface area contributed by atoms with Crippen LogP contribution in [0.25, 0.3) is 0 Å². The first-order valence-electron chi connectivity index (χ1n) is 6.96. The van der Waals surface area contributed by atoms with E-state index < -0.39 is 0 Å². The van der Waals surface area contributed by atoms with Crippen LogP contribution >= 0.6 is 0 Å². The van der Waals surface area contributed by atoms with Crippen molar-refractivity contribution in [1.82, 2.24) is 4.90 Å². The van der Waals surface area contributed by atoms with Gasteiger partial charge in [-0.3, -0.25) is 4.79 Å². The Hall–Kier alpha value is -2.64. The smallest absolute Gasteiger partial charge is 0.253 e. The molecule has 0 aromatic heterocycles. The highest BCUT2D eigenvalue weighted by Gasteiger charge is 2.12. The van der Waals surface area contributed by atoms with E-state index in [2.05, 4.69) is 6.07 Å². The van der Waals surface area contributed by atoms with Crippen molar-refractivity contribution in [2.75, 3.05) is 14.2 Å². The van der Waals surface area contributed by atoms with Gasteiger partial charge in [-0.05, 0) is 35.4 Å². The predicted octanol–water partition coefficient (Wildman–Crippen LogP) is 2.98. The highest BCUT2D eigenvalue weighted by molar-refractivity contribution is 5.94. The van der Waals surface area contributed by atoms with Crippen molar-refractivity contribution in [3.05, 3.63) is 70.8 Å². The van der Waals surface area contributed by atoms with Gasteiger partial charge in [-0.1, -0.05) is 24.3 Å². The molecule has 4 heteroatoms. The summed E-state index contributed by atoms with van der Waals surface area (Å²) in [6.07, 6.45) is 0. The average Bonchev–Trinajstić information content (AvgIpc) is 2.55. The Bertz CT molecular complexity index is 687. The van der Waals surface area contributed by atoms with Gasteiger partial charge in [0, 0.05) is 26.3 Å². The summed E-state index contributed by atoms with van der Waals surface area (Å²) in [6.45, 7) is 0.986. The molecule has 0 fully saturated rings. The average molecular weight is 294 g/mol. The lowest BCUT2D eigenvalue weighted by molar-refractivity contribution is 0.0784. The van der Waals surface area contributed by atoms with Crippen molar-refractivity contribution in [2.24, 2.45) is 0 Å². The number of rotatable bonds is 5. The molecule has 2 rings (SSSR count).